The lowest BCUT2D eigenvalue weighted by Gasteiger charge is -2.07. The summed E-state index contributed by atoms with van der Waals surface area (Å²) in [5, 5.41) is 7.26. The van der Waals surface area contributed by atoms with Crippen LogP contribution in [-0.2, 0) is 17.8 Å². The van der Waals surface area contributed by atoms with Crippen molar-refractivity contribution < 1.29 is 9.53 Å². The first-order chi connectivity index (χ1) is 13.7. The standard InChI is InChI=1S/C21H16ClN3O2S/c22-15-6-8-17(9-7-15)27-12-20-24-16(13-28-20)11-19(26)25-18-5-1-3-14-4-2-10-23-21(14)18/h1-10,13H,11-12H2,(H,25,26). The average molecular weight is 410 g/mol. The first-order valence-corrected chi connectivity index (χ1v) is 9.88. The summed E-state index contributed by atoms with van der Waals surface area (Å²) in [6.07, 6.45) is 1.91. The van der Waals surface area contributed by atoms with Gasteiger partial charge in [-0.25, -0.2) is 4.98 Å². The Labute approximate surface area is 171 Å². The number of pyridine rings is 1. The largest absolute Gasteiger partial charge is 0.486 e. The molecule has 2 aromatic carbocycles. The van der Waals surface area contributed by atoms with E-state index in [1.807, 2.05) is 47.8 Å². The third-order valence-corrected chi connectivity index (χ3v) is 5.15. The fourth-order valence-electron chi connectivity index (χ4n) is 2.74. The monoisotopic (exact) mass is 409 g/mol. The van der Waals surface area contributed by atoms with Crippen LogP contribution in [-0.4, -0.2) is 15.9 Å². The summed E-state index contributed by atoms with van der Waals surface area (Å²) in [6.45, 7) is 0.348. The molecule has 1 N–H and O–H groups in total. The number of halogens is 1. The second-order valence-corrected chi connectivity index (χ2v) is 7.46. The van der Waals surface area contributed by atoms with Crippen LogP contribution in [0.15, 0.2) is 66.2 Å². The van der Waals surface area contributed by atoms with Crippen LogP contribution in [0.25, 0.3) is 10.9 Å². The molecule has 0 radical (unpaired) electrons. The number of hydrogen-bond donors (Lipinski definition) is 1. The lowest BCUT2D eigenvalue weighted by Crippen LogP contribution is -2.15. The van der Waals surface area contributed by atoms with E-state index in [1.54, 1.807) is 18.3 Å². The van der Waals surface area contributed by atoms with Gasteiger partial charge in [-0.2, -0.15) is 0 Å². The fourth-order valence-corrected chi connectivity index (χ4v) is 3.57. The van der Waals surface area contributed by atoms with Crippen LogP contribution in [0.2, 0.25) is 5.02 Å². The van der Waals surface area contributed by atoms with E-state index in [9.17, 15) is 4.79 Å². The van der Waals surface area contributed by atoms with Gasteiger partial charge in [0.1, 0.15) is 17.4 Å². The minimum atomic E-state index is -0.131. The Morgan fingerprint density at radius 1 is 1.11 bits per heavy atom. The van der Waals surface area contributed by atoms with E-state index in [1.165, 1.54) is 11.3 Å². The predicted octanol–water partition coefficient (Wildman–Crippen LogP) is 5.10. The van der Waals surface area contributed by atoms with Gasteiger partial charge >= 0.3 is 0 Å². The third-order valence-electron chi connectivity index (χ3n) is 4.02. The molecule has 140 valence electrons. The number of carbonyl (C=O) groups excluding carboxylic acids is 1. The van der Waals surface area contributed by atoms with Gasteiger partial charge in [0.05, 0.1) is 23.3 Å². The Morgan fingerprint density at radius 2 is 1.93 bits per heavy atom. The number of hydrogen-bond acceptors (Lipinski definition) is 5. The highest BCUT2D eigenvalue weighted by Crippen LogP contribution is 2.21. The molecule has 2 heterocycles. The number of ether oxygens (including phenoxy) is 1. The molecule has 0 fully saturated rings. The Hall–Kier alpha value is -2.96. The van der Waals surface area contributed by atoms with Crippen LogP contribution >= 0.6 is 22.9 Å². The number of nitrogens with one attached hydrogen (secondary N) is 1. The minimum Gasteiger partial charge on any atom is -0.486 e. The Bertz CT molecular complexity index is 1110. The number of para-hydroxylation sites is 1. The number of anilines is 1. The zero-order valence-electron chi connectivity index (χ0n) is 14.8. The topological polar surface area (TPSA) is 64.1 Å². The summed E-state index contributed by atoms with van der Waals surface area (Å²) in [7, 11) is 0. The number of nitrogens with zero attached hydrogens (tertiary/aromatic N) is 2. The molecule has 5 nitrogen and oxygen atoms in total. The summed E-state index contributed by atoms with van der Waals surface area (Å²) >= 11 is 7.33. The van der Waals surface area contributed by atoms with Crippen molar-refractivity contribution in [1.29, 1.82) is 0 Å². The molecule has 0 aliphatic carbocycles. The zero-order chi connectivity index (χ0) is 19.3. The highest BCUT2D eigenvalue weighted by Gasteiger charge is 2.11. The SMILES string of the molecule is O=C(Cc1csc(COc2ccc(Cl)cc2)n1)Nc1cccc2cccnc12. The van der Waals surface area contributed by atoms with Crippen LogP contribution < -0.4 is 10.1 Å². The van der Waals surface area contributed by atoms with Crippen LogP contribution in [0, 0.1) is 0 Å². The van der Waals surface area contributed by atoms with E-state index >= 15 is 0 Å². The van der Waals surface area contributed by atoms with Crippen LogP contribution in [0.5, 0.6) is 5.75 Å². The van der Waals surface area contributed by atoms with Gasteiger partial charge in [-0.1, -0.05) is 29.8 Å². The highest BCUT2D eigenvalue weighted by atomic mass is 35.5. The van der Waals surface area contributed by atoms with Gasteiger partial charge in [0.15, 0.2) is 0 Å². The Balaban J connectivity index is 1.36. The summed E-state index contributed by atoms with van der Waals surface area (Å²) in [4.78, 5) is 21.3. The number of benzene rings is 2. The molecule has 0 saturated carbocycles. The third kappa shape index (κ3) is 4.47. The average Bonchev–Trinajstić information content (AvgIpc) is 3.15. The van der Waals surface area contributed by atoms with Gasteiger partial charge in [-0.05, 0) is 36.4 Å². The first-order valence-electron chi connectivity index (χ1n) is 8.62. The minimum absolute atomic E-state index is 0.131. The van der Waals surface area contributed by atoms with Gasteiger partial charge in [-0.15, -0.1) is 11.3 Å². The molecule has 0 atom stereocenters. The van der Waals surface area contributed by atoms with Crippen LogP contribution in [0.3, 0.4) is 0 Å². The molecule has 28 heavy (non-hydrogen) atoms. The Morgan fingerprint density at radius 3 is 2.79 bits per heavy atom. The van der Waals surface area contributed by atoms with Gasteiger partial charge < -0.3 is 10.1 Å². The molecule has 2 aromatic heterocycles. The normalized spacial score (nSPS) is 10.8. The summed E-state index contributed by atoms with van der Waals surface area (Å²) in [5.74, 6) is 0.593. The second-order valence-electron chi connectivity index (χ2n) is 6.08. The smallest absolute Gasteiger partial charge is 0.230 e. The summed E-state index contributed by atoms with van der Waals surface area (Å²) in [5.41, 5.74) is 2.18. The fraction of sp³-hybridized carbons (Fsp3) is 0.0952. The first kappa shape index (κ1) is 18.4. The second kappa shape index (κ2) is 8.37. The van der Waals surface area contributed by atoms with E-state index in [2.05, 4.69) is 15.3 Å². The van der Waals surface area contributed by atoms with Gasteiger partial charge in [0.2, 0.25) is 5.91 Å². The molecule has 4 rings (SSSR count). The number of fused-ring (bicyclic) bond motifs is 1. The Kier molecular flexibility index (Phi) is 5.50. The van der Waals surface area contributed by atoms with Crippen molar-refractivity contribution in [2.45, 2.75) is 13.0 Å². The van der Waals surface area contributed by atoms with Crippen LogP contribution in [0.1, 0.15) is 10.7 Å². The molecule has 7 heteroatoms. The molecule has 0 bridgehead atoms. The van der Waals surface area contributed by atoms with Gasteiger partial charge in [0.25, 0.3) is 0 Å². The lowest BCUT2D eigenvalue weighted by molar-refractivity contribution is -0.115. The predicted molar refractivity (Wildman–Crippen MR) is 112 cm³/mol. The van der Waals surface area contributed by atoms with E-state index < -0.39 is 0 Å². The summed E-state index contributed by atoms with van der Waals surface area (Å²) < 4.78 is 5.69. The van der Waals surface area contributed by atoms with Crippen molar-refractivity contribution in [3.8, 4) is 5.75 Å². The van der Waals surface area contributed by atoms with Crippen molar-refractivity contribution in [2.75, 3.05) is 5.32 Å². The van der Waals surface area contributed by atoms with E-state index in [-0.39, 0.29) is 12.3 Å². The van der Waals surface area contributed by atoms with E-state index in [0.717, 1.165) is 21.7 Å². The van der Waals surface area contributed by atoms with Crippen molar-refractivity contribution >= 4 is 45.4 Å². The highest BCUT2D eigenvalue weighted by molar-refractivity contribution is 7.09. The maximum Gasteiger partial charge on any atom is 0.230 e. The maximum atomic E-state index is 12.4. The van der Waals surface area contributed by atoms with Gasteiger partial charge in [-0.3, -0.25) is 9.78 Å². The number of carbonyl (C=O) groups is 1. The molecule has 0 spiro atoms. The summed E-state index contributed by atoms with van der Waals surface area (Å²) in [6, 6.07) is 16.7. The number of aromatic nitrogens is 2. The lowest BCUT2D eigenvalue weighted by atomic mass is 10.2. The molecular formula is C21H16ClN3O2S. The molecule has 0 aliphatic rings. The number of thiazole rings is 1. The van der Waals surface area contributed by atoms with Crippen molar-refractivity contribution in [3.05, 3.63) is 81.9 Å². The molecule has 0 saturated heterocycles. The van der Waals surface area contributed by atoms with Crippen LogP contribution in [0.4, 0.5) is 5.69 Å². The molecule has 1 amide bonds. The van der Waals surface area contributed by atoms with Crippen molar-refractivity contribution in [3.63, 3.8) is 0 Å². The molecule has 0 unspecified atom stereocenters. The van der Waals surface area contributed by atoms with Crippen molar-refractivity contribution in [1.82, 2.24) is 9.97 Å². The van der Waals surface area contributed by atoms with E-state index in [0.29, 0.717) is 23.0 Å². The zero-order valence-corrected chi connectivity index (χ0v) is 16.3. The number of rotatable bonds is 6. The molecular weight excluding hydrogens is 394 g/mol. The molecule has 4 aromatic rings. The van der Waals surface area contributed by atoms with Gasteiger partial charge in [0, 0.05) is 22.0 Å². The molecule has 0 aliphatic heterocycles. The van der Waals surface area contributed by atoms with E-state index in [4.69, 9.17) is 16.3 Å². The van der Waals surface area contributed by atoms with Crippen molar-refractivity contribution in [2.24, 2.45) is 0 Å². The number of amides is 1. The maximum absolute atomic E-state index is 12.4. The quantitative estimate of drug-likeness (QED) is 0.481.